The maximum atomic E-state index is 9.54. The van der Waals surface area contributed by atoms with Crippen molar-refractivity contribution in [2.75, 3.05) is 19.0 Å². The molecule has 15 heavy (non-hydrogen) atoms. The van der Waals surface area contributed by atoms with E-state index in [-0.39, 0.29) is 0 Å². The monoisotopic (exact) mass is 246 g/mol. The van der Waals surface area contributed by atoms with Gasteiger partial charge in [-0.05, 0) is 19.1 Å². The molecule has 0 aromatic heterocycles. The molecule has 0 radical (unpaired) electrons. The van der Waals surface area contributed by atoms with Crippen molar-refractivity contribution < 1.29 is 9.84 Å². The average molecular weight is 247 g/mol. The van der Waals surface area contributed by atoms with Crippen LogP contribution in [0.25, 0.3) is 0 Å². The molecular formula is C11H15ClO2S. The van der Waals surface area contributed by atoms with E-state index in [1.165, 1.54) is 0 Å². The van der Waals surface area contributed by atoms with Gasteiger partial charge in [0.15, 0.2) is 0 Å². The first kappa shape index (κ1) is 12.8. The van der Waals surface area contributed by atoms with E-state index < -0.39 is 6.10 Å². The van der Waals surface area contributed by atoms with Crippen molar-refractivity contribution in [1.82, 2.24) is 0 Å². The van der Waals surface area contributed by atoms with Gasteiger partial charge in [-0.25, -0.2) is 0 Å². The molecule has 0 aliphatic rings. The van der Waals surface area contributed by atoms with Gasteiger partial charge in [0.1, 0.15) is 0 Å². The predicted octanol–water partition coefficient (Wildman–Crippen LogP) is 2.83. The zero-order chi connectivity index (χ0) is 11.1. The summed E-state index contributed by atoms with van der Waals surface area (Å²) in [6, 6.07) is 7.62. The fourth-order valence-corrected chi connectivity index (χ4v) is 2.20. The zero-order valence-electron chi connectivity index (χ0n) is 8.65. The third-order valence-electron chi connectivity index (χ3n) is 1.78. The van der Waals surface area contributed by atoms with E-state index in [1.807, 2.05) is 31.2 Å². The molecule has 1 aromatic carbocycles. The molecule has 0 bridgehead atoms. The van der Waals surface area contributed by atoms with Gasteiger partial charge < -0.3 is 9.84 Å². The fraction of sp³-hybridized carbons (Fsp3) is 0.455. The minimum Gasteiger partial charge on any atom is -0.390 e. The Hall–Kier alpha value is -0.220. The van der Waals surface area contributed by atoms with Crippen LogP contribution in [0.5, 0.6) is 0 Å². The normalized spacial score (nSPS) is 12.7. The third kappa shape index (κ3) is 4.89. The summed E-state index contributed by atoms with van der Waals surface area (Å²) < 4.78 is 5.12. The number of rotatable bonds is 6. The summed E-state index contributed by atoms with van der Waals surface area (Å²) in [7, 11) is 0. The number of aliphatic hydroxyl groups is 1. The van der Waals surface area contributed by atoms with Crippen molar-refractivity contribution in [2.45, 2.75) is 17.9 Å². The third-order valence-corrected chi connectivity index (χ3v) is 3.44. The van der Waals surface area contributed by atoms with Crippen LogP contribution in [-0.4, -0.2) is 30.2 Å². The Labute approximate surface area is 99.6 Å². The molecule has 0 amide bonds. The Bertz CT molecular complexity index is 294. The number of hydrogen-bond donors (Lipinski definition) is 1. The number of halogens is 1. The summed E-state index contributed by atoms with van der Waals surface area (Å²) >= 11 is 7.52. The smallest absolute Gasteiger partial charge is 0.0867 e. The van der Waals surface area contributed by atoms with Gasteiger partial charge >= 0.3 is 0 Å². The van der Waals surface area contributed by atoms with Crippen LogP contribution in [0.1, 0.15) is 6.92 Å². The highest BCUT2D eigenvalue weighted by atomic mass is 35.5. The molecule has 1 atom stereocenters. The maximum Gasteiger partial charge on any atom is 0.0867 e. The minimum absolute atomic E-state index is 0.383. The highest BCUT2D eigenvalue weighted by Crippen LogP contribution is 2.26. The number of aliphatic hydroxyl groups excluding tert-OH is 1. The second-order valence-corrected chi connectivity index (χ2v) is 4.52. The Morgan fingerprint density at radius 3 is 2.87 bits per heavy atom. The first-order chi connectivity index (χ1) is 7.24. The van der Waals surface area contributed by atoms with Gasteiger partial charge in [0.05, 0.1) is 17.7 Å². The second-order valence-electron chi connectivity index (χ2n) is 3.05. The lowest BCUT2D eigenvalue weighted by atomic mass is 10.4. The summed E-state index contributed by atoms with van der Waals surface area (Å²) in [5.74, 6) is 0.601. The van der Waals surface area contributed by atoms with Gasteiger partial charge in [-0.15, -0.1) is 11.8 Å². The van der Waals surface area contributed by atoms with E-state index in [0.29, 0.717) is 19.0 Å². The molecule has 2 nitrogen and oxygen atoms in total. The molecular weight excluding hydrogens is 232 g/mol. The molecule has 0 aliphatic heterocycles. The van der Waals surface area contributed by atoms with Crippen molar-refractivity contribution in [3.63, 3.8) is 0 Å². The van der Waals surface area contributed by atoms with E-state index in [4.69, 9.17) is 16.3 Å². The number of hydrogen-bond acceptors (Lipinski definition) is 3. The van der Waals surface area contributed by atoms with Crippen molar-refractivity contribution in [1.29, 1.82) is 0 Å². The van der Waals surface area contributed by atoms with Crippen LogP contribution in [0, 0.1) is 0 Å². The molecule has 0 saturated heterocycles. The van der Waals surface area contributed by atoms with Gasteiger partial charge in [0, 0.05) is 17.3 Å². The first-order valence-electron chi connectivity index (χ1n) is 4.87. The van der Waals surface area contributed by atoms with Crippen LogP contribution in [-0.2, 0) is 4.74 Å². The molecule has 0 saturated carbocycles. The van der Waals surface area contributed by atoms with Crippen LogP contribution < -0.4 is 0 Å². The second kappa shape index (κ2) is 7.12. The highest BCUT2D eigenvalue weighted by Gasteiger charge is 2.06. The van der Waals surface area contributed by atoms with Crippen molar-refractivity contribution >= 4 is 23.4 Å². The van der Waals surface area contributed by atoms with Gasteiger partial charge in [0.25, 0.3) is 0 Å². The molecule has 1 rings (SSSR count). The predicted molar refractivity (Wildman–Crippen MR) is 64.7 cm³/mol. The summed E-state index contributed by atoms with van der Waals surface area (Å²) in [5, 5.41) is 10.3. The lowest BCUT2D eigenvalue weighted by molar-refractivity contribution is 0.0551. The fourth-order valence-electron chi connectivity index (χ4n) is 1.05. The maximum absolute atomic E-state index is 9.54. The summed E-state index contributed by atoms with van der Waals surface area (Å²) in [6.07, 6.45) is -0.439. The molecule has 84 valence electrons. The minimum atomic E-state index is -0.439. The molecule has 1 aromatic rings. The standard InChI is InChI=1S/C11H15ClO2S/c1-2-14-7-9(13)8-15-11-6-4-3-5-10(11)12/h3-6,9,13H,2,7-8H2,1H3. The van der Waals surface area contributed by atoms with E-state index in [0.717, 1.165) is 9.92 Å². The lowest BCUT2D eigenvalue weighted by Gasteiger charge is -2.10. The largest absolute Gasteiger partial charge is 0.390 e. The Morgan fingerprint density at radius 2 is 2.20 bits per heavy atom. The quantitative estimate of drug-likeness (QED) is 0.783. The molecule has 0 heterocycles. The Morgan fingerprint density at radius 1 is 1.47 bits per heavy atom. The van der Waals surface area contributed by atoms with E-state index in [9.17, 15) is 5.11 Å². The van der Waals surface area contributed by atoms with E-state index in [1.54, 1.807) is 11.8 Å². The number of ether oxygens (including phenoxy) is 1. The van der Waals surface area contributed by atoms with E-state index in [2.05, 4.69) is 0 Å². The summed E-state index contributed by atoms with van der Waals surface area (Å²) in [4.78, 5) is 0.995. The summed E-state index contributed by atoms with van der Waals surface area (Å²) in [5.41, 5.74) is 0. The van der Waals surface area contributed by atoms with Crippen molar-refractivity contribution in [2.24, 2.45) is 0 Å². The highest BCUT2D eigenvalue weighted by molar-refractivity contribution is 7.99. The van der Waals surface area contributed by atoms with Crippen LogP contribution in [0.4, 0.5) is 0 Å². The van der Waals surface area contributed by atoms with Gasteiger partial charge in [-0.2, -0.15) is 0 Å². The molecule has 0 spiro atoms. The summed E-state index contributed by atoms with van der Waals surface area (Å²) in [6.45, 7) is 2.93. The van der Waals surface area contributed by atoms with Gasteiger partial charge in [0.2, 0.25) is 0 Å². The SMILES string of the molecule is CCOCC(O)CSc1ccccc1Cl. The molecule has 0 fully saturated rings. The van der Waals surface area contributed by atoms with Crippen LogP contribution in [0.3, 0.4) is 0 Å². The van der Waals surface area contributed by atoms with Crippen molar-refractivity contribution in [3.05, 3.63) is 29.3 Å². The number of benzene rings is 1. The van der Waals surface area contributed by atoms with Crippen LogP contribution in [0.15, 0.2) is 29.2 Å². The van der Waals surface area contributed by atoms with Gasteiger partial charge in [-0.3, -0.25) is 0 Å². The Balaban J connectivity index is 2.33. The van der Waals surface area contributed by atoms with Gasteiger partial charge in [-0.1, -0.05) is 23.7 Å². The first-order valence-corrected chi connectivity index (χ1v) is 6.23. The van der Waals surface area contributed by atoms with Crippen LogP contribution >= 0.6 is 23.4 Å². The lowest BCUT2D eigenvalue weighted by Crippen LogP contribution is -2.17. The average Bonchev–Trinajstić information content (AvgIpc) is 2.25. The molecule has 0 aliphatic carbocycles. The van der Waals surface area contributed by atoms with E-state index >= 15 is 0 Å². The number of thioether (sulfide) groups is 1. The molecule has 1 unspecified atom stereocenters. The topological polar surface area (TPSA) is 29.5 Å². The molecule has 4 heteroatoms. The molecule has 1 N–H and O–H groups in total. The van der Waals surface area contributed by atoms with Crippen molar-refractivity contribution in [3.8, 4) is 0 Å². The zero-order valence-corrected chi connectivity index (χ0v) is 10.2. The Kier molecular flexibility index (Phi) is 6.10. The van der Waals surface area contributed by atoms with Crippen LogP contribution in [0.2, 0.25) is 5.02 Å².